The van der Waals surface area contributed by atoms with Crippen molar-refractivity contribution in [1.29, 1.82) is 0 Å². The Balaban J connectivity index is 1.45. The lowest BCUT2D eigenvalue weighted by Crippen LogP contribution is -2.49. The molecule has 0 radical (unpaired) electrons. The van der Waals surface area contributed by atoms with Crippen LogP contribution in [0, 0.1) is 16.0 Å². The first-order valence-electron chi connectivity index (χ1n) is 9.17. The molecule has 1 aromatic heterocycles. The monoisotopic (exact) mass is 524 g/mol. The van der Waals surface area contributed by atoms with Gasteiger partial charge < -0.3 is 9.88 Å². The molecule has 1 N–H and O–H groups in total. The number of nitrogens with one attached hydrogen (secondary N) is 1. The fourth-order valence-corrected chi connectivity index (χ4v) is 5.65. The van der Waals surface area contributed by atoms with Crippen LogP contribution in [-0.4, -0.2) is 39.9 Å². The summed E-state index contributed by atoms with van der Waals surface area (Å²) in [5, 5.41) is 13.8. The number of piperidine rings is 1. The quantitative estimate of drug-likeness (QED) is 0.487. The molecule has 2 atom stereocenters. The lowest BCUT2D eigenvalue weighted by Gasteiger charge is -2.42. The molecule has 0 unspecified atom stereocenters. The van der Waals surface area contributed by atoms with E-state index in [0.29, 0.717) is 27.1 Å². The summed E-state index contributed by atoms with van der Waals surface area (Å²) in [6.45, 7) is 2.38. The predicted molar refractivity (Wildman–Crippen MR) is 115 cm³/mol. The zero-order valence-corrected chi connectivity index (χ0v) is 18.5. The number of anilines is 1. The van der Waals surface area contributed by atoms with Crippen molar-refractivity contribution in [3.05, 3.63) is 65.4 Å². The van der Waals surface area contributed by atoms with Gasteiger partial charge in [-0.3, -0.25) is 24.6 Å². The molecule has 1 aromatic carbocycles. The van der Waals surface area contributed by atoms with Crippen molar-refractivity contribution < 1.29 is 9.72 Å². The maximum Gasteiger partial charge on any atom is 0.271 e. The van der Waals surface area contributed by atoms with Gasteiger partial charge >= 0.3 is 0 Å². The average molecular weight is 526 g/mol. The zero-order chi connectivity index (χ0) is 20.7. The number of non-ortho nitro benzene ring substituents is 1. The van der Waals surface area contributed by atoms with Gasteiger partial charge in [-0.05, 0) is 50.3 Å². The average Bonchev–Trinajstić information content (AvgIpc) is 2.65. The third-order valence-electron chi connectivity index (χ3n) is 5.42. The molecule has 4 rings (SSSR count). The number of carbonyl (C=O) groups is 1. The molecule has 3 heterocycles. The van der Waals surface area contributed by atoms with E-state index in [1.54, 1.807) is 12.1 Å². The smallest absolute Gasteiger partial charge is 0.271 e. The summed E-state index contributed by atoms with van der Waals surface area (Å²) in [6, 6.07) is 8.11. The van der Waals surface area contributed by atoms with Gasteiger partial charge in [-0.25, -0.2) is 0 Å². The van der Waals surface area contributed by atoms with Gasteiger partial charge in [-0.2, -0.15) is 0 Å². The Hall–Kier alpha value is -2.04. The van der Waals surface area contributed by atoms with E-state index in [9.17, 15) is 19.7 Å². The second-order valence-electron chi connectivity index (χ2n) is 7.48. The number of rotatable bonds is 4. The van der Waals surface area contributed by atoms with Gasteiger partial charge in [0.2, 0.25) is 5.91 Å². The summed E-state index contributed by atoms with van der Waals surface area (Å²) in [5.74, 6) is 0.389. The van der Waals surface area contributed by atoms with Gasteiger partial charge in [0.25, 0.3) is 11.2 Å². The van der Waals surface area contributed by atoms with Crippen molar-refractivity contribution in [2.24, 2.45) is 5.92 Å². The number of fused-ring (bicyclic) bond motifs is 4. The third kappa shape index (κ3) is 4.15. The molecular formula is C19H18Br2N4O4. The van der Waals surface area contributed by atoms with Crippen LogP contribution in [-0.2, 0) is 11.3 Å². The van der Waals surface area contributed by atoms with Crippen LogP contribution < -0.4 is 10.9 Å². The molecule has 29 heavy (non-hydrogen) atoms. The van der Waals surface area contributed by atoms with Gasteiger partial charge in [0.1, 0.15) is 0 Å². The van der Waals surface area contributed by atoms with Crippen LogP contribution in [0.5, 0.6) is 0 Å². The Bertz CT molecular complexity index is 1030. The van der Waals surface area contributed by atoms with E-state index in [0.717, 1.165) is 25.2 Å². The van der Waals surface area contributed by atoms with E-state index in [1.807, 2.05) is 10.6 Å². The van der Waals surface area contributed by atoms with E-state index in [-0.39, 0.29) is 29.6 Å². The van der Waals surface area contributed by atoms with Crippen LogP contribution in [0.3, 0.4) is 0 Å². The normalized spacial score (nSPS) is 20.8. The zero-order valence-electron chi connectivity index (χ0n) is 15.3. The Morgan fingerprint density at radius 2 is 1.93 bits per heavy atom. The number of hydrogen-bond donors (Lipinski definition) is 1. The first-order valence-corrected chi connectivity index (χ1v) is 10.8. The molecular weight excluding hydrogens is 508 g/mol. The van der Waals surface area contributed by atoms with E-state index in [1.165, 1.54) is 12.1 Å². The lowest BCUT2D eigenvalue weighted by atomic mass is 9.83. The highest BCUT2D eigenvalue weighted by molar-refractivity contribution is 9.11. The van der Waals surface area contributed by atoms with Crippen molar-refractivity contribution in [3.63, 3.8) is 0 Å². The Kier molecular flexibility index (Phi) is 5.58. The number of amides is 1. The molecule has 2 aliphatic heterocycles. The van der Waals surface area contributed by atoms with Crippen molar-refractivity contribution in [2.45, 2.75) is 18.9 Å². The number of likely N-dealkylation sites (tertiary alicyclic amines) is 1. The van der Waals surface area contributed by atoms with Crippen LogP contribution >= 0.6 is 31.9 Å². The number of carbonyl (C=O) groups excluding carboxylic acids is 1. The second kappa shape index (κ2) is 8.00. The minimum Gasteiger partial charge on any atom is -0.323 e. The van der Waals surface area contributed by atoms with E-state index in [2.05, 4.69) is 42.1 Å². The first-order chi connectivity index (χ1) is 13.8. The summed E-state index contributed by atoms with van der Waals surface area (Å²) < 4.78 is 2.74. The topological polar surface area (TPSA) is 97.5 Å². The highest BCUT2D eigenvalue weighted by Gasteiger charge is 2.35. The summed E-state index contributed by atoms with van der Waals surface area (Å²) >= 11 is 6.58. The summed E-state index contributed by atoms with van der Waals surface area (Å²) in [6.07, 6.45) is 1.03. The maximum atomic E-state index is 12.6. The Morgan fingerprint density at radius 3 is 2.62 bits per heavy atom. The molecule has 8 nitrogen and oxygen atoms in total. The van der Waals surface area contributed by atoms with Gasteiger partial charge in [0.15, 0.2) is 0 Å². The van der Waals surface area contributed by atoms with Crippen LogP contribution in [0.1, 0.15) is 18.0 Å². The minimum atomic E-state index is -0.489. The van der Waals surface area contributed by atoms with Crippen molar-refractivity contribution >= 4 is 49.1 Å². The number of pyridine rings is 1. The number of benzene rings is 1. The van der Waals surface area contributed by atoms with E-state index < -0.39 is 4.92 Å². The highest BCUT2D eigenvalue weighted by atomic mass is 79.9. The molecule has 0 saturated carbocycles. The lowest BCUT2D eigenvalue weighted by molar-refractivity contribution is -0.385. The highest BCUT2D eigenvalue weighted by Crippen LogP contribution is 2.36. The van der Waals surface area contributed by atoms with E-state index in [4.69, 9.17) is 0 Å². The van der Waals surface area contributed by atoms with Crippen LogP contribution in [0.2, 0.25) is 0 Å². The predicted octanol–water partition coefficient (Wildman–Crippen LogP) is 3.34. The van der Waals surface area contributed by atoms with Gasteiger partial charge in [-0.15, -0.1) is 0 Å². The van der Waals surface area contributed by atoms with Crippen molar-refractivity contribution in [1.82, 2.24) is 9.47 Å². The number of aromatic nitrogens is 1. The number of nitro benzene ring substituents is 1. The van der Waals surface area contributed by atoms with Gasteiger partial charge in [0, 0.05) is 58.4 Å². The first kappa shape index (κ1) is 20.2. The van der Waals surface area contributed by atoms with E-state index >= 15 is 0 Å². The van der Waals surface area contributed by atoms with Crippen LogP contribution in [0.15, 0.2) is 44.1 Å². The second-order valence-corrected chi connectivity index (χ2v) is 9.19. The number of hydrogen-bond acceptors (Lipinski definition) is 5. The molecule has 1 amide bonds. The molecule has 0 spiro atoms. The summed E-state index contributed by atoms with van der Waals surface area (Å²) in [5.41, 5.74) is 1.48. The molecule has 2 aromatic rings. The van der Waals surface area contributed by atoms with Crippen molar-refractivity contribution in [3.8, 4) is 0 Å². The largest absolute Gasteiger partial charge is 0.323 e. The molecule has 152 valence electrons. The number of halogens is 2. The maximum absolute atomic E-state index is 12.6. The third-order valence-corrected chi connectivity index (χ3v) is 6.68. The molecule has 1 fully saturated rings. The van der Waals surface area contributed by atoms with Crippen LogP contribution in [0.4, 0.5) is 11.4 Å². The SMILES string of the molecule is O=C(CN1C[C@@H]2C[C@H](C1)c1cccc(=O)n1C2)Nc1c(Br)cc([N+](=O)[O-])cc1Br. The number of nitrogens with zero attached hydrogens (tertiary/aromatic N) is 3. The Labute approximate surface area is 183 Å². The minimum absolute atomic E-state index is 0.0382. The van der Waals surface area contributed by atoms with Gasteiger partial charge in [-0.1, -0.05) is 6.07 Å². The summed E-state index contributed by atoms with van der Waals surface area (Å²) in [4.78, 5) is 37.3. The number of nitro groups is 1. The summed E-state index contributed by atoms with van der Waals surface area (Å²) in [7, 11) is 0. The standard InChI is InChI=1S/C19H18Br2N4O4/c20-14-5-13(25(28)29)6-15(21)19(14)22-17(26)10-23-7-11-4-12(9-23)16-2-1-3-18(27)24(16)8-11/h1-3,5-6,11-12H,4,7-10H2,(H,22,26)/t11-,12+/m0/s1. The molecule has 2 bridgehead atoms. The Morgan fingerprint density at radius 1 is 1.21 bits per heavy atom. The molecule has 10 heteroatoms. The molecule has 1 saturated heterocycles. The van der Waals surface area contributed by atoms with Crippen molar-refractivity contribution in [2.75, 3.05) is 25.0 Å². The van der Waals surface area contributed by atoms with Crippen LogP contribution in [0.25, 0.3) is 0 Å². The fraction of sp³-hybridized carbons (Fsp3) is 0.368. The fourth-order valence-electron chi connectivity index (χ4n) is 4.29. The molecule has 2 aliphatic rings. The molecule has 0 aliphatic carbocycles. The van der Waals surface area contributed by atoms with Gasteiger partial charge in [0.05, 0.1) is 17.2 Å².